The second-order valence-corrected chi connectivity index (χ2v) is 7.29. The lowest BCUT2D eigenvalue weighted by Gasteiger charge is -2.49. The fourth-order valence-corrected chi connectivity index (χ4v) is 4.29. The summed E-state index contributed by atoms with van der Waals surface area (Å²) in [5.74, 6) is 2.01. The maximum absolute atomic E-state index is 6.54. The van der Waals surface area contributed by atoms with E-state index in [1.54, 1.807) is 0 Å². The average Bonchev–Trinajstić information content (AvgIpc) is 2.47. The molecule has 2 fully saturated rings. The molecule has 0 bridgehead atoms. The Balaban J connectivity index is 2.29. The van der Waals surface area contributed by atoms with Gasteiger partial charge in [-0.25, -0.2) is 5.01 Å². The second kappa shape index (κ2) is 4.15. The molecule has 94 valence electrons. The van der Waals surface area contributed by atoms with Crippen molar-refractivity contribution in [3.8, 4) is 0 Å². The van der Waals surface area contributed by atoms with Gasteiger partial charge in [-0.2, -0.15) is 0 Å². The van der Waals surface area contributed by atoms with E-state index in [0.29, 0.717) is 28.7 Å². The molecule has 1 N–H and O–H groups in total. The van der Waals surface area contributed by atoms with Crippen LogP contribution in [0.4, 0.5) is 0 Å². The molecule has 2 rings (SSSR count). The van der Waals surface area contributed by atoms with E-state index in [9.17, 15) is 0 Å². The molecule has 0 amide bonds. The van der Waals surface area contributed by atoms with Gasteiger partial charge in [0.15, 0.2) is 0 Å². The third-order valence-electron chi connectivity index (χ3n) is 4.57. The van der Waals surface area contributed by atoms with Gasteiger partial charge in [-0.15, -0.1) is 11.6 Å². The molecule has 16 heavy (non-hydrogen) atoms. The van der Waals surface area contributed by atoms with Crippen LogP contribution in [0.15, 0.2) is 0 Å². The number of hydrogen-bond acceptors (Lipinski definition) is 2. The summed E-state index contributed by atoms with van der Waals surface area (Å²) >= 11 is 6.54. The van der Waals surface area contributed by atoms with Crippen LogP contribution in [0.25, 0.3) is 0 Å². The third-order valence-corrected chi connectivity index (χ3v) is 5.14. The molecule has 2 aliphatic rings. The molecule has 0 aromatic heterocycles. The van der Waals surface area contributed by atoms with Crippen molar-refractivity contribution in [2.24, 2.45) is 23.2 Å². The number of hydrogen-bond donors (Lipinski definition) is 1. The quantitative estimate of drug-likeness (QED) is 0.660. The summed E-state index contributed by atoms with van der Waals surface area (Å²) in [7, 11) is 2.19. The summed E-state index contributed by atoms with van der Waals surface area (Å²) in [4.78, 5) is 0. The Morgan fingerprint density at radius 2 is 1.94 bits per heavy atom. The minimum Gasteiger partial charge on any atom is -0.255 e. The molecular formula is C13H25ClN2. The Bertz CT molecular complexity index is 261. The minimum atomic E-state index is 0.330. The van der Waals surface area contributed by atoms with Gasteiger partial charge in [0.2, 0.25) is 0 Å². The number of fused-ring (bicyclic) bond motifs is 1. The van der Waals surface area contributed by atoms with E-state index in [1.165, 1.54) is 0 Å². The fourth-order valence-electron chi connectivity index (χ4n) is 3.90. The van der Waals surface area contributed by atoms with Gasteiger partial charge in [-0.05, 0) is 29.6 Å². The number of alkyl halides is 1. The van der Waals surface area contributed by atoms with Crippen molar-refractivity contribution >= 4 is 11.6 Å². The summed E-state index contributed by atoms with van der Waals surface area (Å²) in [6, 6.07) is 0.657. The molecule has 1 saturated heterocycles. The summed E-state index contributed by atoms with van der Waals surface area (Å²) in [6.07, 6.45) is 1.16. The van der Waals surface area contributed by atoms with Crippen LogP contribution in [0.2, 0.25) is 0 Å². The van der Waals surface area contributed by atoms with E-state index >= 15 is 0 Å². The third kappa shape index (κ3) is 2.00. The van der Waals surface area contributed by atoms with Crippen molar-refractivity contribution in [1.82, 2.24) is 10.4 Å². The van der Waals surface area contributed by atoms with Crippen LogP contribution in [-0.4, -0.2) is 30.0 Å². The van der Waals surface area contributed by atoms with Crippen molar-refractivity contribution in [3.05, 3.63) is 0 Å². The topological polar surface area (TPSA) is 15.3 Å². The standard InChI is InChI=1S/C13H25ClN2/c1-8-10(14)6-9-7-15-16(5)12(9)11(8)13(2,3)4/h8-12,15H,6-7H2,1-5H3. The molecule has 1 saturated carbocycles. The van der Waals surface area contributed by atoms with Crippen molar-refractivity contribution in [3.63, 3.8) is 0 Å². The monoisotopic (exact) mass is 244 g/mol. The first kappa shape index (κ1) is 12.7. The van der Waals surface area contributed by atoms with E-state index < -0.39 is 0 Å². The zero-order valence-corrected chi connectivity index (χ0v) is 11.9. The largest absolute Gasteiger partial charge is 0.255 e. The molecule has 0 radical (unpaired) electrons. The first-order chi connectivity index (χ1) is 7.32. The number of rotatable bonds is 0. The minimum absolute atomic E-state index is 0.330. The van der Waals surface area contributed by atoms with E-state index in [-0.39, 0.29) is 0 Å². The Kier molecular flexibility index (Phi) is 3.28. The predicted octanol–water partition coefficient (Wildman–Crippen LogP) is 2.73. The summed E-state index contributed by atoms with van der Waals surface area (Å²) in [6.45, 7) is 10.5. The summed E-state index contributed by atoms with van der Waals surface area (Å²) < 4.78 is 0. The Hall–Kier alpha value is 0.210. The van der Waals surface area contributed by atoms with Gasteiger partial charge >= 0.3 is 0 Å². The molecule has 0 aromatic carbocycles. The Morgan fingerprint density at radius 1 is 1.31 bits per heavy atom. The lowest BCUT2D eigenvalue weighted by Crippen LogP contribution is -2.52. The summed E-state index contributed by atoms with van der Waals surface area (Å²) in [5, 5.41) is 2.68. The second-order valence-electron chi connectivity index (χ2n) is 6.73. The molecule has 3 heteroatoms. The molecule has 1 aliphatic heterocycles. The van der Waals surface area contributed by atoms with Crippen LogP contribution in [0, 0.1) is 23.2 Å². The van der Waals surface area contributed by atoms with Gasteiger partial charge < -0.3 is 0 Å². The highest BCUT2D eigenvalue weighted by atomic mass is 35.5. The zero-order chi connectivity index (χ0) is 12.1. The molecule has 5 atom stereocenters. The fraction of sp³-hybridized carbons (Fsp3) is 1.00. The molecular weight excluding hydrogens is 220 g/mol. The molecule has 2 nitrogen and oxygen atoms in total. The molecule has 1 aliphatic carbocycles. The SMILES string of the molecule is CC1C(Cl)CC2CNN(C)C2C1C(C)(C)C. The predicted molar refractivity (Wildman–Crippen MR) is 69.4 cm³/mol. The molecule has 5 unspecified atom stereocenters. The van der Waals surface area contributed by atoms with Crippen LogP contribution < -0.4 is 5.43 Å². The highest BCUT2D eigenvalue weighted by Gasteiger charge is 2.50. The maximum Gasteiger partial charge on any atom is 0.0368 e. The Labute approximate surface area is 105 Å². The van der Waals surface area contributed by atoms with Crippen molar-refractivity contribution in [2.75, 3.05) is 13.6 Å². The van der Waals surface area contributed by atoms with Crippen LogP contribution in [0.3, 0.4) is 0 Å². The van der Waals surface area contributed by atoms with Gasteiger partial charge in [0.1, 0.15) is 0 Å². The van der Waals surface area contributed by atoms with E-state index in [4.69, 9.17) is 11.6 Å². The van der Waals surface area contributed by atoms with Crippen molar-refractivity contribution < 1.29 is 0 Å². The maximum atomic E-state index is 6.54. The van der Waals surface area contributed by atoms with Gasteiger partial charge in [-0.1, -0.05) is 27.7 Å². The van der Waals surface area contributed by atoms with E-state index in [2.05, 4.69) is 45.2 Å². The van der Waals surface area contributed by atoms with Crippen LogP contribution in [0.5, 0.6) is 0 Å². The highest BCUT2D eigenvalue weighted by Crippen LogP contribution is 2.48. The zero-order valence-electron chi connectivity index (χ0n) is 11.1. The number of nitrogens with one attached hydrogen (secondary N) is 1. The van der Waals surface area contributed by atoms with Crippen LogP contribution in [0.1, 0.15) is 34.1 Å². The average molecular weight is 245 g/mol. The van der Waals surface area contributed by atoms with Crippen LogP contribution in [-0.2, 0) is 0 Å². The smallest absolute Gasteiger partial charge is 0.0368 e. The Morgan fingerprint density at radius 3 is 2.50 bits per heavy atom. The van der Waals surface area contributed by atoms with E-state index in [1.807, 2.05) is 0 Å². The summed E-state index contributed by atoms with van der Waals surface area (Å²) in [5.41, 5.74) is 3.81. The lowest BCUT2D eigenvalue weighted by atomic mass is 9.61. The number of nitrogens with zero attached hydrogens (tertiary/aromatic N) is 1. The van der Waals surface area contributed by atoms with Gasteiger partial charge in [0.05, 0.1) is 0 Å². The number of halogens is 1. The van der Waals surface area contributed by atoms with Crippen molar-refractivity contribution in [2.45, 2.75) is 45.5 Å². The molecule has 0 spiro atoms. The molecule has 0 aromatic rings. The lowest BCUT2D eigenvalue weighted by molar-refractivity contribution is 0.0129. The normalized spacial score (nSPS) is 45.8. The van der Waals surface area contributed by atoms with Crippen LogP contribution >= 0.6 is 11.6 Å². The van der Waals surface area contributed by atoms with Crippen molar-refractivity contribution in [1.29, 1.82) is 0 Å². The van der Waals surface area contributed by atoms with E-state index in [0.717, 1.165) is 18.9 Å². The first-order valence-electron chi connectivity index (χ1n) is 6.42. The van der Waals surface area contributed by atoms with Gasteiger partial charge in [0, 0.05) is 25.0 Å². The number of hydrazine groups is 1. The van der Waals surface area contributed by atoms with Gasteiger partial charge in [0.25, 0.3) is 0 Å². The highest BCUT2D eigenvalue weighted by molar-refractivity contribution is 6.20. The first-order valence-corrected chi connectivity index (χ1v) is 6.86. The molecule has 1 heterocycles. The van der Waals surface area contributed by atoms with Gasteiger partial charge in [-0.3, -0.25) is 5.43 Å².